The Morgan fingerprint density at radius 2 is 1.84 bits per heavy atom. The molecule has 0 saturated heterocycles. The van der Waals surface area contributed by atoms with Gasteiger partial charge in [0.05, 0.1) is 17.7 Å². The molecule has 3 rings (SSSR count). The number of aryl methyl sites for hydroxylation is 1. The summed E-state index contributed by atoms with van der Waals surface area (Å²) in [4.78, 5) is 43.3. The van der Waals surface area contributed by atoms with E-state index in [2.05, 4.69) is 10.3 Å². The average molecular weight is 619 g/mol. The van der Waals surface area contributed by atoms with Crippen LogP contribution in [0.25, 0.3) is 10.8 Å². The van der Waals surface area contributed by atoms with Crippen molar-refractivity contribution < 1.29 is 32.6 Å². The van der Waals surface area contributed by atoms with E-state index in [1.54, 1.807) is 19.2 Å². The minimum absolute atomic E-state index is 0.0220. The second kappa shape index (κ2) is 16.1. The van der Waals surface area contributed by atoms with Gasteiger partial charge in [0.25, 0.3) is 0 Å². The number of anilines is 1. The molecular formula is C31H37ClF2N4O5. The highest BCUT2D eigenvalue weighted by atomic mass is 35.5. The van der Waals surface area contributed by atoms with E-state index in [-0.39, 0.29) is 48.7 Å². The van der Waals surface area contributed by atoms with E-state index in [1.165, 1.54) is 41.4 Å². The molecule has 0 aliphatic heterocycles. The van der Waals surface area contributed by atoms with E-state index in [0.717, 1.165) is 0 Å². The Balaban J connectivity index is 1.59. The van der Waals surface area contributed by atoms with Gasteiger partial charge in [0, 0.05) is 25.1 Å². The average Bonchev–Trinajstić information content (AvgIpc) is 2.97. The van der Waals surface area contributed by atoms with E-state index in [1.807, 2.05) is 13.8 Å². The van der Waals surface area contributed by atoms with Gasteiger partial charge in [0.2, 0.25) is 5.91 Å². The first-order valence-electron chi connectivity index (χ1n) is 14.1. The minimum Gasteiger partial charge on any atom is -0.465 e. The third-order valence-corrected chi connectivity index (χ3v) is 7.49. The van der Waals surface area contributed by atoms with Gasteiger partial charge in [0.15, 0.2) is 0 Å². The Hall–Kier alpha value is -3.83. The van der Waals surface area contributed by atoms with Crippen LogP contribution in [0.5, 0.6) is 0 Å². The highest BCUT2D eigenvalue weighted by Gasteiger charge is 2.23. The number of halogens is 3. The van der Waals surface area contributed by atoms with Gasteiger partial charge in [-0.3, -0.25) is 14.9 Å². The Morgan fingerprint density at radius 3 is 2.58 bits per heavy atom. The molecule has 1 aromatic heterocycles. The summed E-state index contributed by atoms with van der Waals surface area (Å²) in [5.74, 6) is -1.56. The largest absolute Gasteiger partial charge is 0.465 e. The molecule has 2 aromatic carbocycles. The zero-order valence-electron chi connectivity index (χ0n) is 24.4. The number of rotatable bonds is 14. The number of amides is 2. The molecule has 3 N–H and O–H groups in total. The molecule has 2 amide bonds. The van der Waals surface area contributed by atoms with Crippen LogP contribution in [0, 0.1) is 17.6 Å². The number of aromatic nitrogens is 1. The number of nitrogens with two attached hydrogens (primary N) is 1. The van der Waals surface area contributed by atoms with Crippen molar-refractivity contribution in [2.75, 3.05) is 25.6 Å². The molecule has 1 heterocycles. The lowest BCUT2D eigenvalue weighted by Gasteiger charge is -2.28. The summed E-state index contributed by atoms with van der Waals surface area (Å²) in [6.07, 6.45) is 2.52. The maximum atomic E-state index is 13.8. The summed E-state index contributed by atoms with van der Waals surface area (Å²) in [6, 6.07) is 8.98. The van der Waals surface area contributed by atoms with E-state index >= 15 is 0 Å². The SMILES string of the molecule is CC(C)[C@H](N)C(=O)OCCCCC(COC(=O)Nc1cc2cc(F)ccc2cn1)N(C)C(=O)CCc1cccc(F)c1Cl. The predicted molar refractivity (Wildman–Crippen MR) is 161 cm³/mol. The van der Waals surface area contributed by atoms with Crippen LogP contribution in [0.1, 0.15) is 45.1 Å². The van der Waals surface area contributed by atoms with Crippen molar-refractivity contribution in [3.8, 4) is 0 Å². The number of nitrogens with one attached hydrogen (secondary N) is 1. The van der Waals surface area contributed by atoms with Gasteiger partial charge in [-0.05, 0) is 72.9 Å². The highest BCUT2D eigenvalue weighted by Crippen LogP contribution is 2.22. The number of nitrogens with zero attached hydrogens (tertiary/aromatic N) is 2. The lowest BCUT2D eigenvalue weighted by Crippen LogP contribution is -2.41. The molecule has 3 aromatic rings. The van der Waals surface area contributed by atoms with Crippen LogP contribution < -0.4 is 11.1 Å². The van der Waals surface area contributed by atoms with Gasteiger partial charge >= 0.3 is 12.1 Å². The fourth-order valence-electron chi connectivity index (χ4n) is 4.27. The monoisotopic (exact) mass is 618 g/mol. The number of carbonyl (C=O) groups is 3. The number of unbranched alkanes of at least 4 members (excludes halogenated alkanes) is 1. The lowest BCUT2D eigenvalue weighted by atomic mass is 10.1. The number of hydrogen-bond acceptors (Lipinski definition) is 7. The molecule has 12 heteroatoms. The van der Waals surface area contributed by atoms with Crippen LogP contribution in [0.3, 0.4) is 0 Å². The number of pyridine rings is 1. The topological polar surface area (TPSA) is 124 Å². The summed E-state index contributed by atoms with van der Waals surface area (Å²) in [5, 5.41) is 3.77. The maximum Gasteiger partial charge on any atom is 0.412 e. The van der Waals surface area contributed by atoms with Crippen molar-refractivity contribution in [1.29, 1.82) is 0 Å². The van der Waals surface area contributed by atoms with Crippen LogP contribution in [0.2, 0.25) is 5.02 Å². The number of carbonyl (C=O) groups excluding carboxylic acids is 3. The normalized spacial score (nSPS) is 12.6. The molecular weight excluding hydrogens is 582 g/mol. The maximum absolute atomic E-state index is 13.8. The first-order valence-corrected chi connectivity index (χ1v) is 14.4. The summed E-state index contributed by atoms with van der Waals surface area (Å²) >= 11 is 6.04. The second-order valence-electron chi connectivity index (χ2n) is 10.6. The number of esters is 1. The third kappa shape index (κ3) is 10.1. The fraction of sp³-hybridized carbons (Fsp3) is 0.419. The number of benzene rings is 2. The molecule has 0 aliphatic rings. The van der Waals surface area contributed by atoms with Crippen LogP contribution >= 0.6 is 11.6 Å². The van der Waals surface area contributed by atoms with Gasteiger partial charge in [-0.2, -0.15) is 0 Å². The van der Waals surface area contributed by atoms with E-state index in [4.69, 9.17) is 26.8 Å². The van der Waals surface area contributed by atoms with Crippen molar-refractivity contribution in [1.82, 2.24) is 9.88 Å². The molecule has 0 spiro atoms. The summed E-state index contributed by atoms with van der Waals surface area (Å²) in [7, 11) is 1.60. The zero-order valence-corrected chi connectivity index (χ0v) is 25.2. The smallest absolute Gasteiger partial charge is 0.412 e. The quantitative estimate of drug-likeness (QED) is 0.171. The number of fused-ring (bicyclic) bond motifs is 1. The molecule has 0 bridgehead atoms. The van der Waals surface area contributed by atoms with Crippen molar-refractivity contribution in [2.45, 2.75) is 58.0 Å². The molecule has 0 aliphatic carbocycles. The molecule has 1 unspecified atom stereocenters. The first-order chi connectivity index (χ1) is 20.5. The van der Waals surface area contributed by atoms with Crippen LogP contribution in [0.4, 0.5) is 19.4 Å². The summed E-state index contributed by atoms with van der Waals surface area (Å²) < 4.78 is 38.1. The molecule has 9 nitrogen and oxygen atoms in total. The van der Waals surface area contributed by atoms with Crippen LogP contribution in [-0.2, 0) is 25.5 Å². The summed E-state index contributed by atoms with van der Waals surface area (Å²) in [6.45, 7) is 3.70. The highest BCUT2D eigenvalue weighted by molar-refractivity contribution is 6.31. The van der Waals surface area contributed by atoms with Crippen LogP contribution in [-0.4, -0.2) is 60.2 Å². The van der Waals surface area contributed by atoms with E-state index < -0.39 is 35.8 Å². The first kappa shape index (κ1) is 33.7. The van der Waals surface area contributed by atoms with Crippen molar-refractivity contribution in [2.24, 2.45) is 11.7 Å². The van der Waals surface area contributed by atoms with Gasteiger partial charge in [-0.15, -0.1) is 0 Å². The number of ether oxygens (including phenoxy) is 2. The van der Waals surface area contributed by atoms with Gasteiger partial charge < -0.3 is 20.1 Å². The zero-order chi connectivity index (χ0) is 31.5. The van der Waals surface area contributed by atoms with Crippen molar-refractivity contribution in [3.05, 3.63) is 70.9 Å². The molecule has 43 heavy (non-hydrogen) atoms. The molecule has 0 fully saturated rings. The number of hydrogen-bond donors (Lipinski definition) is 2. The standard InChI is InChI=1S/C31H37ClF2N4O5/c1-19(2)29(35)30(40)42-14-5-4-8-24(38(3)27(39)13-11-20-7-6-9-25(34)28(20)32)18-43-31(41)37-26-16-22-15-23(33)12-10-21(22)17-36-26/h6-7,9-10,12,15-17,19,24,29H,4-5,8,11,13-14,18,35H2,1-3H3,(H,36,37,41)/t24?,29-/m0/s1. The molecule has 0 saturated carbocycles. The minimum atomic E-state index is -0.794. The Bertz CT molecular complexity index is 1420. The predicted octanol–water partition coefficient (Wildman–Crippen LogP) is 5.87. The number of likely N-dealkylation sites (N-methyl/N-ethyl adjacent to an activating group) is 1. The molecule has 0 radical (unpaired) electrons. The molecule has 232 valence electrons. The lowest BCUT2D eigenvalue weighted by molar-refractivity contribution is -0.146. The van der Waals surface area contributed by atoms with Crippen molar-refractivity contribution in [3.63, 3.8) is 0 Å². The van der Waals surface area contributed by atoms with Gasteiger partial charge in [0.1, 0.15) is 30.1 Å². The van der Waals surface area contributed by atoms with Crippen molar-refractivity contribution >= 4 is 46.2 Å². The third-order valence-electron chi connectivity index (χ3n) is 7.07. The van der Waals surface area contributed by atoms with E-state index in [9.17, 15) is 23.2 Å². The second-order valence-corrected chi connectivity index (χ2v) is 11.0. The Morgan fingerprint density at radius 1 is 1.07 bits per heavy atom. The van der Waals surface area contributed by atoms with Gasteiger partial charge in [-0.25, -0.2) is 18.6 Å². The fourth-order valence-corrected chi connectivity index (χ4v) is 4.49. The van der Waals surface area contributed by atoms with E-state index in [0.29, 0.717) is 35.6 Å². The van der Waals surface area contributed by atoms with Gasteiger partial charge in [-0.1, -0.05) is 37.6 Å². The summed E-state index contributed by atoms with van der Waals surface area (Å²) in [5.41, 5.74) is 6.33. The molecule has 2 atom stereocenters. The van der Waals surface area contributed by atoms with Crippen LogP contribution in [0.15, 0.2) is 48.7 Å². The Kier molecular flexibility index (Phi) is 12.6. The Labute approximate surface area is 254 Å².